The zero-order valence-corrected chi connectivity index (χ0v) is 42.6. The van der Waals surface area contributed by atoms with E-state index in [0.717, 1.165) is 11.1 Å². The maximum Gasteiger partial charge on any atom is 0.409 e. The minimum atomic E-state index is -1.90. The lowest BCUT2D eigenvalue weighted by Gasteiger charge is -2.59. The summed E-state index contributed by atoms with van der Waals surface area (Å²) in [5.74, 6) is -3.56. The molecule has 4 saturated heterocycles. The van der Waals surface area contributed by atoms with Crippen molar-refractivity contribution in [2.45, 2.75) is 145 Å². The highest BCUT2D eigenvalue weighted by Crippen LogP contribution is 2.50. The Kier molecular flexibility index (Phi) is 16.6. The predicted octanol–water partition coefficient (Wildman–Crippen LogP) is 4.49. The average molecular weight is 1030 g/mol. The molecular weight excluding hydrogens is 968 g/mol. The van der Waals surface area contributed by atoms with Gasteiger partial charge in [0.1, 0.15) is 40.3 Å². The molecule has 6 bridgehead atoms. The van der Waals surface area contributed by atoms with Crippen LogP contribution in [0, 0.1) is 11.8 Å². The zero-order chi connectivity index (χ0) is 51.6. The number of fused-ring (bicyclic) bond motifs is 6. The number of imide groups is 2. The average Bonchev–Trinajstić information content (AvgIpc) is 3.77. The van der Waals surface area contributed by atoms with Crippen molar-refractivity contribution < 1.29 is 76.7 Å². The van der Waals surface area contributed by atoms with E-state index in [0.29, 0.717) is 48.6 Å². The number of ether oxygens (including phenoxy) is 6. The molecule has 6 aliphatic heterocycles. The molecule has 7 aliphatic rings. The van der Waals surface area contributed by atoms with Gasteiger partial charge in [-0.1, -0.05) is 35.4 Å². The first-order chi connectivity index (χ1) is 33.6. The van der Waals surface area contributed by atoms with Crippen molar-refractivity contribution in [1.82, 2.24) is 15.3 Å². The van der Waals surface area contributed by atoms with Crippen LogP contribution >= 0.6 is 23.4 Å². The number of esters is 1. The third kappa shape index (κ3) is 11.9. The van der Waals surface area contributed by atoms with Gasteiger partial charge in [-0.3, -0.25) is 34.2 Å². The van der Waals surface area contributed by atoms with Crippen LogP contribution in [0.4, 0.5) is 10.5 Å². The van der Waals surface area contributed by atoms with Crippen molar-refractivity contribution in [3.05, 3.63) is 46.5 Å². The number of aliphatic hydroxyl groups is 1. The minimum Gasteiger partial charge on any atom is -0.495 e. The summed E-state index contributed by atoms with van der Waals surface area (Å²) in [6.07, 6.45) is 2.00. The Morgan fingerprint density at radius 2 is 1.68 bits per heavy atom. The number of hydrogen-bond acceptors (Lipinski definition) is 17. The molecule has 6 amide bonds. The summed E-state index contributed by atoms with van der Waals surface area (Å²) in [4.78, 5) is 112. The number of amides is 6. The monoisotopic (exact) mass is 1030 g/mol. The van der Waals surface area contributed by atoms with E-state index >= 15 is 0 Å². The van der Waals surface area contributed by atoms with Crippen molar-refractivity contribution >= 4 is 76.6 Å². The SMILES string of the molecule is COc1cc2cc(c1Cl)N(C)C(=O)C[C@H](OC(=O)[C@H](C)OCCSC1CC(=O)N(CC3CCC(C(=O)ON4C(=O)CCC4=O)CC3)C1=O)[C@@]1(C)C[C@](C)(O1)C1C[C@@](O)(NC(=O)O1)[C@H](OC)/C=C/C=C(\C)C2. The highest BCUT2D eigenvalue weighted by Gasteiger charge is 2.63. The molecule has 5 fully saturated rings. The second-order valence-corrected chi connectivity index (χ2v) is 21.3. The highest BCUT2D eigenvalue weighted by molar-refractivity contribution is 8.00. The van der Waals surface area contributed by atoms with Crippen LogP contribution in [-0.2, 0) is 68.5 Å². The van der Waals surface area contributed by atoms with Gasteiger partial charge < -0.3 is 43.3 Å². The Hall–Kier alpha value is -5.06. The molecule has 22 heteroatoms. The molecule has 0 spiro atoms. The number of nitrogens with zero attached hydrogens (tertiary/aromatic N) is 3. The van der Waals surface area contributed by atoms with E-state index in [1.54, 1.807) is 45.2 Å². The molecule has 1 aliphatic carbocycles. The van der Waals surface area contributed by atoms with Gasteiger partial charge in [0.25, 0.3) is 11.8 Å². The molecule has 1 aromatic carbocycles. The van der Waals surface area contributed by atoms with Crippen molar-refractivity contribution in [1.29, 1.82) is 0 Å². The second-order valence-electron chi connectivity index (χ2n) is 19.6. The topological polar surface area (TPSA) is 243 Å². The molecule has 0 radical (unpaired) electrons. The van der Waals surface area contributed by atoms with Gasteiger partial charge in [-0.05, 0) is 83.4 Å². The van der Waals surface area contributed by atoms with Gasteiger partial charge in [0.05, 0.1) is 37.0 Å². The van der Waals surface area contributed by atoms with Crippen LogP contribution in [0.3, 0.4) is 0 Å². The smallest absolute Gasteiger partial charge is 0.409 e. The molecule has 1 aromatic rings. The fourth-order valence-corrected chi connectivity index (χ4v) is 11.6. The first-order valence-corrected chi connectivity index (χ1v) is 25.3. The summed E-state index contributed by atoms with van der Waals surface area (Å²) in [6, 6.07) is 3.54. The molecule has 1 saturated carbocycles. The highest BCUT2D eigenvalue weighted by atomic mass is 35.5. The summed E-state index contributed by atoms with van der Waals surface area (Å²) in [6.45, 7) is 7.01. The fourth-order valence-electron chi connectivity index (χ4n) is 10.3. The van der Waals surface area contributed by atoms with Gasteiger partial charge in [-0.2, -0.15) is 0 Å². The third-order valence-corrected chi connectivity index (χ3v) is 15.8. The van der Waals surface area contributed by atoms with E-state index in [1.807, 2.05) is 13.0 Å². The number of methoxy groups -OCH3 is 2. The Bertz CT molecular complexity index is 2330. The van der Waals surface area contributed by atoms with Gasteiger partial charge in [0.2, 0.25) is 17.7 Å². The first kappa shape index (κ1) is 53.7. The molecule has 20 nitrogen and oxygen atoms in total. The number of anilines is 1. The lowest BCUT2D eigenvalue weighted by atomic mass is 9.72. The van der Waals surface area contributed by atoms with E-state index in [2.05, 4.69) is 5.32 Å². The molecule has 2 unspecified atom stereocenters. The van der Waals surface area contributed by atoms with Crippen molar-refractivity contribution in [2.24, 2.45) is 11.8 Å². The number of benzene rings is 1. The maximum absolute atomic E-state index is 14.3. The van der Waals surface area contributed by atoms with E-state index < -0.39 is 88.3 Å². The lowest BCUT2D eigenvalue weighted by Crippen LogP contribution is -2.72. The number of alkyl carbamates (subject to hydrolysis) is 1. The van der Waals surface area contributed by atoms with E-state index in [4.69, 9.17) is 44.9 Å². The van der Waals surface area contributed by atoms with Crippen LogP contribution in [0.5, 0.6) is 5.75 Å². The number of rotatable bonds is 13. The standard InChI is InChI=1S/C49H63ClN4O16S/c1-27-9-8-10-35(65-7)49(63)24-37(68-46(62)51-49)48(4)26-47(3,70-48)36(23-40(57)52(5)32-20-30(19-27)21-33(64-6)42(32)50)67-44(60)28(2)66-17-18-71-34-22-41(58)53(43(34)59)25-29-11-13-31(14-12-29)45(61)69-54-38(55)15-16-39(54)56/h8-10,20-21,28-29,31,34-37,63H,11-19,22-26H2,1-7H3,(H,51,62)/b10-8+,27-9+/t28-,29?,31?,34?,35+,36-,37?,47+,48-,49-/m0/s1. The van der Waals surface area contributed by atoms with Crippen molar-refractivity contribution in [2.75, 3.05) is 45.1 Å². The maximum atomic E-state index is 14.3. The molecule has 6 heterocycles. The molecule has 8 rings (SSSR count). The van der Waals surface area contributed by atoms with Crippen LogP contribution < -0.4 is 15.0 Å². The predicted molar refractivity (Wildman–Crippen MR) is 254 cm³/mol. The number of likely N-dealkylation sites (tertiary alicyclic amines) is 1. The summed E-state index contributed by atoms with van der Waals surface area (Å²) in [7, 11) is 4.43. The van der Waals surface area contributed by atoms with Crippen molar-refractivity contribution in [3.8, 4) is 5.75 Å². The van der Waals surface area contributed by atoms with E-state index in [-0.39, 0.29) is 80.2 Å². The number of hydrogen-bond donors (Lipinski definition) is 2. The number of nitrogens with one attached hydrogen (secondary N) is 1. The zero-order valence-electron chi connectivity index (χ0n) is 41.0. The fraction of sp³-hybridized carbons (Fsp3) is 0.633. The third-order valence-electron chi connectivity index (χ3n) is 14.2. The molecule has 71 heavy (non-hydrogen) atoms. The minimum absolute atomic E-state index is 0.00115. The first-order valence-electron chi connectivity index (χ1n) is 23.8. The van der Waals surface area contributed by atoms with E-state index in [9.17, 15) is 43.5 Å². The van der Waals surface area contributed by atoms with Gasteiger partial charge in [0, 0.05) is 58.6 Å². The van der Waals surface area contributed by atoms with Gasteiger partial charge in [0.15, 0.2) is 11.8 Å². The Balaban J connectivity index is 0.976. The van der Waals surface area contributed by atoms with Crippen LogP contribution in [-0.4, -0.2) is 149 Å². The summed E-state index contributed by atoms with van der Waals surface area (Å²) < 4.78 is 35.5. The molecular formula is C49H63ClN4O16S. The molecule has 8 atom stereocenters. The summed E-state index contributed by atoms with van der Waals surface area (Å²) in [5, 5.41) is 14.4. The number of carbonyl (C=O) groups is 8. The summed E-state index contributed by atoms with van der Waals surface area (Å²) in [5.41, 5.74) is -2.37. The molecule has 2 N–H and O–H groups in total. The van der Waals surface area contributed by atoms with Crippen LogP contribution in [0.25, 0.3) is 0 Å². The van der Waals surface area contributed by atoms with Crippen LogP contribution in [0.2, 0.25) is 5.02 Å². The lowest BCUT2D eigenvalue weighted by molar-refractivity contribution is -0.328. The number of thioether (sulfide) groups is 1. The number of halogens is 1. The van der Waals surface area contributed by atoms with Gasteiger partial charge >= 0.3 is 18.0 Å². The quantitative estimate of drug-likeness (QED) is 0.157. The summed E-state index contributed by atoms with van der Waals surface area (Å²) >= 11 is 8.03. The molecule has 0 aromatic heterocycles. The number of allylic oxidation sites excluding steroid dienone is 3. The Morgan fingerprint density at radius 1 is 0.986 bits per heavy atom. The van der Waals surface area contributed by atoms with Gasteiger partial charge in [-0.15, -0.1) is 16.8 Å². The number of carbonyl (C=O) groups excluding carboxylic acids is 8. The van der Waals surface area contributed by atoms with Crippen molar-refractivity contribution in [3.63, 3.8) is 0 Å². The largest absolute Gasteiger partial charge is 0.495 e. The van der Waals surface area contributed by atoms with Crippen LogP contribution in [0.1, 0.15) is 97.5 Å². The normalized spacial score (nSPS) is 33.1. The Labute approximate surface area is 421 Å². The van der Waals surface area contributed by atoms with Gasteiger partial charge in [-0.25, -0.2) is 14.4 Å². The molecule has 388 valence electrons. The van der Waals surface area contributed by atoms with E-state index in [1.165, 1.54) is 42.7 Å². The van der Waals surface area contributed by atoms with Crippen LogP contribution in [0.15, 0.2) is 35.9 Å². The number of hydroxylamine groups is 2. The Morgan fingerprint density at radius 3 is 2.34 bits per heavy atom. The second kappa shape index (κ2) is 22.0.